The minimum Gasteiger partial charge on any atom is -0.496 e. The Labute approximate surface area is 154 Å². The van der Waals surface area contributed by atoms with Gasteiger partial charge in [-0.3, -0.25) is 4.90 Å². The fraction of sp³-hybridized carbons (Fsp3) is 0.217. The summed E-state index contributed by atoms with van der Waals surface area (Å²) in [6.07, 6.45) is 0. The molecule has 1 N–H and O–H groups in total. The Morgan fingerprint density at radius 2 is 1.31 bits per heavy atom. The molecule has 4 rings (SSSR count). The summed E-state index contributed by atoms with van der Waals surface area (Å²) in [5.74, 6) is 0.741. The topological polar surface area (TPSA) is 32.7 Å². The zero-order valence-corrected chi connectivity index (χ0v) is 14.9. The first-order valence-corrected chi connectivity index (χ1v) is 8.91. The smallest absolute Gasteiger partial charge is 0.125 e. The Kier molecular flexibility index (Phi) is 4.49. The number of hydrogen-bond donors (Lipinski definition) is 1. The van der Waals surface area contributed by atoms with Gasteiger partial charge in [0.1, 0.15) is 11.4 Å². The molecule has 3 aromatic carbocycles. The molecule has 1 saturated heterocycles. The molecule has 0 amide bonds. The highest BCUT2D eigenvalue weighted by atomic mass is 16.5. The Morgan fingerprint density at radius 3 is 1.85 bits per heavy atom. The van der Waals surface area contributed by atoms with E-state index in [-0.39, 0.29) is 6.04 Å². The second kappa shape index (κ2) is 6.94. The molecule has 1 fully saturated rings. The number of methoxy groups -OCH3 is 1. The molecule has 0 aliphatic carbocycles. The summed E-state index contributed by atoms with van der Waals surface area (Å²) >= 11 is 0. The molecule has 0 aromatic heterocycles. The van der Waals surface area contributed by atoms with Crippen molar-refractivity contribution in [3.63, 3.8) is 0 Å². The molecule has 3 aromatic rings. The summed E-state index contributed by atoms with van der Waals surface area (Å²) < 4.78 is 5.45. The molecule has 26 heavy (non-hydrogen) atoms. The number of ether oxygens (including phenoxy) is 1. The maximum Gasteiger partial charge on any atom is 0.125 e. The maximum atomic E-state index is 11.2. The molecule has 1 heterocycles. The normalized spacial score (nSPS) is 16.3. The molecule has 3 nitrogen and oxygen atoms in total. The van der Waals surface area contributed by atoms with Gasteiger partial charge in [0.05, 0.1) is 13.2 Å². The molecule has 0 atom stereocenters. The minimum absolute atomic E-state index is 0.132. The second-order valence-corrected chi connectivity index (χ2v) is 6.86. The first kappa shape index (κ1) is 16.8. The highest BCUT2D eigenvalue weighted by molar-refractivity contribution is 5.41. The molecular weight excluding hydrogens is 322 g/mol. The fourth-order valence-electron chi connectivity index (χ4n) is 3.89. The van der Waals surface area contributed by atoms with Crippen molar-refractivity contribution in [3.8, 4) is 5.75 Å². The predicted octanol–water partition coefficient (Wildman–Crippen LogP) is 3.99. The zero-order chi connectivity index (χ0) is 18.0. The molecule has 132 valence electrons. The lowest BCUT2D eigenvalue weighted by Gasteiger charge is -2.50. The SMILES string of the molecule is COc1ccccc1C1(O)CN(C(c2ccccc2)c2ccccc2)C1. The van der Waals surface area contributed by atoms with Crippen LogP contribution in [0.2, 0.25) is 0 Å². The van der Waals surface area contributed by atoms with Gasteiger partial charge in [-0.1, -0.05) is 78.9 Å². The van der Waals surface area contributed by atoms with Crippen molar-refractivity contribution in [1.82, 2.24) is 4.90 Å². The summed E-state index contributed by atoms with van der Waals surface area (Å²) in [6, 6.07) is 28.8. The zero-order valence-electron chi connectivity index (χ0n) is 14.9. The number of benzene rings is 3. The highest BCUT2D eigenvalue weighted by Gasteiger charge is 2.47. The summed E-state index contributed by atoms with van der Waals surface area (Å²) in [5.41, 5.74) is 2.45. The van der Waals surface area contributed by atoms with Crippen LogP contribution in [-0.2, 0) is 5.60 Å². The molecule has 3 heteroatoms. The van der Waals surface area contributed by atoms with Crippen LogP contribution in [0.15, 0.2) is 84.9 Å². The van der Waals surface area contributed by atoms with E-state index in [1.54, 1.807) is 7.11 Å². The molecule has 1 aliphatic rings. The van der Waals surface area contributed by atoms with E-state index >= 15 is 0 Å². The van der Waals surface area contributed by atoms with E-state index in [0.717, 1.165) is 11.3 Å². The van der Waals surface area contributed by atoms with Gasteiger partial charge >= 0.3 is 0 Å². The first-order chi connectivity index (χ1) is 12.7. The van der Waals surface area contributed by atoms with Crippen molar-refractivity contribution in [1.29, 1.82) is 0 Å². The standard InChI is InChI=1S/C23H23NO2/c1-26-21-15-9-8-14-20(21)23(25)16-24(17-23)22(18-10-4-2-5-11-18)19-12-6-3-7-13-19/h2-15,22,25H,16-17H2,1H3. The Morgan fingerprint density at radius 1 is 0.808 bits per heavy atom. The Hall–Kier alpha value is -2.62. The predicted molar refractivity (Wildman–Crippen MR) is 103 cm³/mol. The molecular formula is C23H23NO2. The van der Waals surface area contributed by atoms with Gasteiger partial charge < -0.3 is 9.84 Å². The quantitative estimate of drug-likeness (QED) is 0.759. The molecule has 1 aliphatic heterocycles. The number of likely N-dealkylation sites (tertiary alicyclic amines) is 1. The summed E-state index contributed by atoms with van der Waals surface area (Å²) in [6.45, 7) is 1.14. The Balaban J connectivity index is 1.64. The summed E-state index contributed by atoms with van der Waals surface area (Å²) in [5, 5.41) is 11.2. The Bertz CT molecular complexity index is 818. The lowest BCUT2D eigenvalue weighted by atomic mass is 9.82. The molecule has 0 radical (unpaired) electrons. The number of hydrogen-bond acceptors (Lipinski definition) is 3. The number of nitrogens with zero attached hydrogens (tertiary/aromatic N) is 1. The monoisotopic (exact) mass is 345 g/mol. The second-order valence-electron chi connectivity index (χ2n) is 6.86. The van der Waals surface area contributed by atoms with E-state index in [1.807, 2.05) is 36.4 Å². The van der Waals surface area contributed by atoms with Crippen LogP contribution >= 0.6 is 0 Å². The number of aliphatic hydroxyl groups is 1. The fourth-order valence-corrected chi connectivity index (χ4v) is 3.89. The van der Waals surface area contributed by atoms with Gasteiger partial charge in [0.15, 0.2) is 0 Å². The highest BCUT2D eigenvalue weighted by Crippen LogP contribution is 2.43. The largest absolute Gasteiger partial charge is 0.496 e. The molecule has 0 bridgehead atoms. The van der Waals surface area contributed by atoms with Gasteiger partial charge in [0.2, 0.25) is 0 Å². The number of para-hydroxylation sites is 1. The van der Waals surface area contributed by atoms with Crippen molar-refractivity contribution in [3.05, 3.63) is 102 Å². The van der Waals surface area contributed by atoms with E-state index in [1.165, 1.54) is 11.1 Å². The van der Waals surface area contributed by atoms with Gasteiger partial charge in [-0.05, 0) is 17.2 Å². The average Bonchev–Trinajstić information content (AvgIpc) is 2.68. The van der Waals surface area contributed by atoms with Crippen molar-refractivity contribution >= 4 is 0 Å². The van der Waals surface area contributed by atoms with Crippen LogP contribution in [0.1, 0.15) is 22.7 Å². The van der Waals surface area contributed by atoms with Crippen molar-refractivity contribution in [2.24, 2.45) is 0 Å². The van der Waals surface area contributed by atoms with Crippen LogP contribution < -0.4 is 4.74 Å². The molecule has 0 unspecified atom stereocenters. The summed E-state index contributed by atoms with van der Waals surface area (Å²) in [7, 11) is 1.65. The molecule has 0 saturated carbocycles. The van der Waals surface area contributed by atoms with E-state index in [4.69, 9.17) is 4.74 Å². The third-order valence-electron chi connectivity index (χ3n) is 5.13. The van der Waals surface area contributed by atoms with Gasteiger partial charge in [-0.2, -0.15) is 0 Å². The van der Waals surface area contributed by atoms with Gasteiger partial charge in [0.25, 0.3) is 0 Å². The maximum absolute atomic E-state index is 11.2. The van der Waals surface area contributed by atoms with Gasteiger partial charge in [-0.25, -0.2) is 0 Å². The number of β-amino-alcohol motifs (C(OH)–C–C–N with tert-alkyl or cyclic N) is 1. The van der Waals surface area contributed by atoms with E-state index in [9.17, 15) is 5.11 Å². The van der Waals surface area contributed by atoms with E-state index in [0.29, 0.717) is 13.1 Å². The minimum atomic E-state index is -0.881. The van der Waals surface area contributed by atoms with Gasteiger partial charge in [0, 0.05) is 18.7 Å². The lowest BCUT2D eigenvalue weighted by Crippen LogP contribution is -2.60. The van der Waals surface area contributed by atoms with Crippen LogP contribution in [0.25, 0.3) is 0 Å². The summed E-state index contributed by atoms with van der Waals surface area (Å²) in [4.78, 5) is 2.32. The van der Waals surface area contributed by atoms with E-state index in [2.05, 4.69) is 53.4 Å². The third-order valence-corrected chi connectivity index (χ3v) is 5.13. The van der Waals surface area contributed by atoms with Crippen molar-refractivity contribution in [2.75, 3.05) is 20.2 Å². The van der Waals surface area contributed by atoms with Crippen molar-refractivity contribution in [2.45, 2.75) is 11.6 Å². The lowest BCUT2D eigenvalue weighted by molar-refractivity contribution is -0.117. The van der Waals surface area contributed by atoms with Crippen LogP contribution in [0.5, 0.6) is 5.75 Å². The average molecular weight is 345 g/mol. The van der Waals surface area contributed by atoms with Crippen molar-refractivity contribution < 1.29 is 9.84 Å². The first-order valence-electron chi connectivity index (χ1n) is 8.91. The van der Waals surface area contributed by atoms with Crippen LogP contribution in [0, 0.1) is 0 Å². The third kappa shape index (κ3) is 3.00. The van der Waals surface area contributed by atoms with Crippen LogP contribution in [0.3, 0.4) is 0 Å². The number of rotatable bonds is 5. The van der Waals surface area contributed by atoms with E-state index < -0.39 is 5.60 Å². The molecule has 0 spiro atoms. The van der Waals surface area contributed by atoms with Crippen LogP contribution in [-0.4, -0.2) is 30.2 Å². The van der Waals surface area contributed by atoms with Gasteiger partial charge in [-0.15, -0.1) is 0 Å². The van der Waals surface area contributed by atoms with Crippen LogP contribution in [0.4, 0.5) is 0 Å².